The fraction of sp³-hybridized carbons (Fsp3) is 0.500. The second-order valence-corrected chi connectivity index (χ2v) is 5.77. The van der Waals surface area contributed by atoms with E-state index in [-0.39, 0.29) is 5.56 Å². The Labute approximate surface area is 120 Å². The molecule has 1 atom stereocenters. The van der Waals surface area contributed by atoms with Gasteiger partial charge < -0.3 is 5.11 Å². The average molecular weight is 330 g/mol. The molecule has 19 heavy (non-hydrogen) atoms. The molecule has 1 fully saturated rings. The maximum Gasteiger partial charge on any atom is 0.325 e. The number of halogens is 2. The first-order chi connectivity index (χ1) is 9.09. The molecule has 1 saturated heterocycles. The highest BCUT2D eigenvalue weighted by Crippen LogP contribution is 2.28. The van der Waals surface area contributed by atoms with Gasteiger partial charge in [-0.3, -0.25) is 9.69 Å². The summed E-state index contributed by atoms with van der Waals surface area (Å²) in [6.07, 6.45) is 4.18. The Morgan fingerprint density at radius 3 is 2.42 bits per heavy atom. The Hall–Kier alpha value is -0.940. The Morgan fingerprint density at radius 1 is 1.26 bits per heavy atom. The predicted molar refractivity (Wildman–Crippen MR) is 74.5 cm³/mol. The Morgan fingerprint density at radius 2 is 1.89 bits per heavy atom. The summed E-state index contributed by atoms with van der Waals surface area (Å²) < 4.78 is 14.6. The molecule has 1 aromatic rings. The van der Waals surface area contributed by atoms with Crippen LogP contribution in [0.5, 0.6) is 0 Å². The molecule has 1 heterocycles. The Kier molecular flexibility index (Phi) is 4.93. The molecule has 1 N–H and O–H groups in total. The van der Waals surface area contributed by atoms with E-state index in [0.717, 1.165) is 25.7 Å². The lowest BCUT2D eigenvalue weighted by Gasteiger charge is -2.27. The van der Waals surface area contributed by atoms with Crippen LogP contribution in [0.2, 0.25) is 0 Å². The Bertz CT molecular complexity index is 459. The molecule has 2 rings (SSSR count). The molecule has 0 amide bonds. The lowest BCUT2D eigenvalue weighted by Crippen LogP contribution is -2.35. The lowest BCUT2D eigenvalue weighted by molar-refractivity contribution is -0.143. The van der Waals surface area contributed by atoms with E-state index >= 15 is 0 Å². The molecule has 0 radical (unpaired) electrons. The molecule has 1 aliphatic heterocycles. The summed E-state index contributed by atoms with van der Waals surface area (Å²) in [7, 11) is 0. The third-order valence-corrected chi connectivity index (χ3v) is 3.99. The first-order valence-electron chi connectivity index (χ1n) is 6.51. The molecule has 3 nitrogen and oxygen atoms in total. The minimum atomic E-state index is -0.983. The molecule has 5 heteroatoms. The van der Waals surface area contributed by atoms with Crippen LogP contribution in [0.4, 0.5) is 4.39 Å². The van der Waals surface area contributed by atoms with Gasteiger partial charge in [0.05, 0.1) is 0 Å². The van der Waals surface area contributed by atoms with Crippen LogP contribution < -0.4 is 0 Å². The summed E-state index contributed by atoms with van der Waals surface area (Å²) in [5.41, 5.74) is 0.248. The minimum absolute atomic E-state index is 0.248. The van der Waals surface area contributed by atoms with Crippen molar-refractivity contribution in [1.82, 2.24) is 4.90 Å². The molecule has 0 bridgehead atoms. The van der Waals surface area contributed by atoms with Crippen molar-refractivity contribution in [2.75, 3.05) is 13.1 Å². The summed E-state index contributed by atoms with van der Waals surface area (Å²) in [5, 5.41) is 9.44. The van der Waals surface area contributed by atoms with Crippen molar-refractivity contribution in [2.45, 2.75) is 31.7 Å². The number of nitrogens with zero attached hydrogens (tertiary/aromatic N) is 1. The van der Waals surface area contributed by atoms with Gasteiger partial charge in [0, 0.05) is 10.0 Å². The van der Waals surface area contributed by atoms with Gasteiger partial charge in [-0.05, 0) is 38.1 Å². The molecule has 1 aromatic carbocycles. The number of carbonyl (C=O) groups is 1. The van der Waals surface area contributed by atoms with Crippen LogP contribution in [-0.2, 0) is 4.79 Å². The van der Waals surface area contributed by atoms with Gasteiger partial charge in [-0.15, -0.1) is 0 Å². The topological polar surface area (TPSA) is 40.5 Å². The van der Waals surface area contributed by atoms with Crippen LogP contribution in [0.1, 0.15) is 37.3 Å². The first-order valence-corrected chi connectivity index (χ1v) is 7.30. The fourth-order valence-electron chi connectivity index (χ4n) is 2.56. The fourth-order valence-corrected chi connectivity index (χ4v) is 2.90. The average Bonchev–Trinajstić information content (AvgIpc) is 2.61. The van der Waals surface area contributed by atoms with E-state index in [4.69, 9.17) is 0 Å². The van der Waals surface area contributed by atoms with Crippen molar-refractivity contribution in [3.8, 4) is 0 Å². The van der Waals surface area contributed by atoms with Gasteiger partial charge in [-0.1, -0.05) is 34.8 Å². The van der Waals surface area contributed by atoms with Gasteiger partial charge in [0.1, 0.15) is 11.9 Å². The number of rotatable bonds is 3. The summed E-state index contributed by atoms with van der Waals surface area (Å²) in [5.74, 6) is -1.45. The second kappa shape index (κ2) is 6.48. The zero-order valence-electron chi connectivity index (χ0n) is 10.6. The van der Waals surface area contributed by atoms with Crippen molar-refractivity contribution in [3.63, 3.8) is 0 Å². The molecule has 0 saturated carbocycles. The van der Waals surface area contributed by atoms with Crippen LogP contribution >= 0.6 is 15.9 Å². The number of benzene rings is 1. The zero-order chi connectivity index (χ0) is 13.8. The third-order valence-electron chi connectivity index (χ3n) is 3.50. The number of aliphatic carboxylic acids is 1. The molecule has 1 unspecified atom stereocenters. The Balaban J connectivity index is 2.30. The number of hydrogen-bond acceptors (Lipinski definition) is 2. The molecule has 0 spiro atoms. The van der Waals surface area contributed by atoms with E-state index in [9.17, 15) is 14.3 Å². The van der Waals surface area contributed by atoms with Crippen molar-refractivity contribution >= 4 is 21.9 Å². The highest BCUT2D eigenvalue weighted by molar-refractivity contribution is 9.10. The number of hydrogen-bond donors (Lipinski definition) is 1. The molecule has 1 aliphatic rings. The largest absolute Gasteiger partial charge is 0.480 e. The van der Waals surface area contributed by atoms with Gasteiger partial charge in [0.15, 0.2) is 0 Å². The van der Waals surface area contributed by atoms with Crippen molar-refractivity contribution in [3.05, 3.63) is 34.1 Å². The second-order valence-electron chi connectivity index (χ2n) is 4.86. The zero-order valence-corrected chi connectivity index (χ0v) is 12.2. The van der Waals surface area contributed by atoms with E-state index in [2.05, 4.69) is 15.9 Å². The number of carboxylic acids is 1. The standard InChI is InChI=1S/C14H17BrFNO2/c15-10-5-6-11(12(16)9-10)13(14(18)19)17-7-3-1-2-4-8-17/h5-6,9,13H,1-4,7-8H2,(H,18,19). The maximum absolute atomic E-state index is 14.0. The van der Waals surface area contributed by atoms with Crippen molar-refractivity contribution in [2.24, 2.45) is 0 Å². The lowest BCUT2D eigenvalue weighted by atomic mass is 10.0. The van der Waals surface area contributed by atoms with E-state index in [1.165, 1.54) is 6.07 Å². The molecule has 104 valence electrons. The van der Waals surface area contributed by atoms with Gasteiger partial charge in [0.2, 0.25) is 0 Å². The maximum atomic E-state index is 14.0. The van der Waals surface area contributed by atoms with Gasteiger partial charge in [-0.25, -0.2) is 4.39 Å². The van der Waals surface area contributed by atoms with E-state index in [1.807, 2.05) is 4.90 Å². The van der Waals surface area contributed by atoms with Crippen molar-refractivity contribution < 1.29 is 14.3 Å². The van der Waals surface area contributed by atoms with Crippen LogP contribution in [0.25, 0.3) is 0 Å². The molecule has 0 aromatic heterocycles. The monoisotopic (exact) mass is 329 g/mol. The normalized spacial score (nSPS) is 18.8. The van der Waals surface area contributed by atoms with Crippen LogP contribution in [0.3, 0.4) is 0 Å². The quantitative estimate of drug-likeness (QED) is 0.921. The molecular formula is C14H17BrFNO2. The number of carboxylic acid groups (broad SMARTS) is 1. The van der Waals surface area contributed by atoms with E-state index < -0.39 is 17.8 Å². The van der Waals surface area contributed by atoms with Crippen LogP contribution in [0, 0.1) is 5.82 Å². The molecule has 0 aliphatic carbocycles. The smallest absolute Gasteiger partial charge is 0.325 e. The van der Waals surface area contributed by atoms with Gasteiger partial charge >= 0.3 is 5.97 Å². The SMILES string of the molecule is O=C(O)C(c1ccc(Br)cc1F)N1CCCCCC1. The number of likely N-dealkylation sites (tertiary alicyclic amines) is 1. The minimum Gasteiger partial charge on any atom is -0.480 e. The highest BCUT2D eigenvalue weighted by Gasteiger charge is 2.30. The van der Waals surface area contributed by atoms with Gasteiger partial charge in [0.25, 0.3) is 0 Å². The molecular weight excluding hydrogens is 313 g/mol. The van der Waals surface area contributed by atoms with Crippen molar-refractivity contribution in [1.29, 1.82) is 0 Å². The summed E-state index contributed by atoms with van der Waals surface area (Å²) in [4.78, 5) is 13.4. The van der Waals surface area contributed by atoms with Gasteiger partial charge in [-0.2, -0.15) is 0 Å². The predicted octanol–water partition coefficient (Wildman–Crippen LogP) is 3.59. The summed E-state index contributed by atoms with van der Waals surface area (Å²) in [6.45, 7) is 1.43. The van der Waals surface area contributed by atoms with Crippen LogP contribution in [0.15, 0.2) is 22.7 Å². The summed E-state index contributed by atoms with van der Waals surface area (Å²) >= 11 is 3.19. The van der Waals surface area contributed by atoms with E-state index in [0.29, 0.717) is 17.6 Å². The summed E-state index contributed by atoms with van der Waals surface area (Å²) in [6, 6.07) is 3.68. The van der Waals surface area contributed by atoms with E-state index in [1.54, 1.807) is 12.1 Å². The van der Waals surface area contributed by atoms with Crippen LogP contribution in [-0.4, -0.2) is 29.1 Å². The first kappa shape index (κ1) is 14.5. The highest BCUT2D eigenvalue weighted by atomic mass is 79.9. The third kappa shape index (κ3) is 3.54.